The normalized spacial score (nSPS) is 10.7. The van der Waals surface area contributed by atoms with Crippen molar-refractivity contribution in [1.29, 1.82) is 0 Å². The molecule has 4 N–H and O–H groups in total. The van der Waals surface area contributed by atoms with Crippen molar-refractivity contribution < 1.29 is 14.3 Å². The van der Waals surface area contributed by atoms with Crippen molar-refractivity contribution in [1.82, 2.24) is 10.6 Å². The highest BCUT2D eigenvalue weighted by molar-refractivity contribution is 7.80. The topological polar surface area (TPSA) is 93.4 Å². The molecule has 2 amide bonds. The number of carbonyl (C=O) groups is 2. The van der Waals surface area contributed by atoms with Gasteiger partial charge in [0.2, 0.25) is 0 Å². The minimum absolute atomic E-state index is 0.00624. The molecule has 0 aromatic rings. The number of nitrogens with one attached hydrogen (secondary N) is 2. The number of nitrogens with two attached hydrogens (primary N) is 1. The molecule has 0 aliphatic heterocycles. The van der Waals surface area contributed by atoms with Crippen LogP contribution in [0.1, 0.15) is 13.8 Å². The zero-order chi connectivity index (χ0) is 12.8. The van der Waals surface area contributed by atoms with Crippen molar-refractivity contribution in [3.63, 3.8) is 0 Å². The summed E-state index contributed by atoms with van der Waals surface area (Å²) in [6.45, 7) is 3.80. The Kier molecular flexibility index (Phi) is 5.91. The molecule has 0 unspecified atom stereocenters. The molecule has 0 bridgehead atoms. The van der Waals surface area contributed by atoms with E-state index in [0.717, 1.165) is 0 Å². The number of amides is 2. The van der Waals surface area contributed by atoms with Crippen LogP contribution in [0.2, 0.25) is 0 Å². The maximum Gasteiger partial charge on any atom is 0.309 e. The van der Waals surface area contributed by atoms with Crippen molar-refractivity contribution in [2.24, 2.45) is 5.73 Å². The van der Waals surface area contributed by atoms with Crippen LogP contribution < -0.4 is 16.4 Å². The number of ether oxygens (including phenoxy) is 1. The highest BCUT2D eigenvalue weighted by Crippen LogP contribution is 2.01. The first-order valence-corrected chi connectivity index (χ1v) is 5.07. The van der Waals surface area contributed by atoms with Crippen LogP contribution >= 0.6 is 12.2 Å². The minimum Gasteiger partial charge on any atom is -0.392 e. The van der Waals surface area contributed by atoms with E-state index in [1.807, 2.05) is 0 Å². The van der Waals surface area contributed by atoms with E-state index in [4.69, 9.17) is 10.5 Å². The Morgan fingerprint density at radius 3 is 2.38 bits per heavy atom. The zero-order valence-electron chi connectivity index (χ0n) is 9.62. The van der Waals surface area contributed by atoms with E-state index in [1.54, 1.807) is 13.8 Å². The molecular formula is C9H17N3O3S. The van der Waals surface area contributed by atoms with Gasteiger partial charge in [0.1, 0.15) is 0 Å². The molecule has 0 aromatic carbocycles. The molecule has 0 aliphatic carbocycles. The summed E-state index contributed by atoms with van der Waals surface area (Å²) < 4.78 is 4.90. The van der Waals surface area contributed by atoms with Gasteiger partial charge in [-0.1, -0.05) is 12.2 Å². The van der Waals surface area contributed by atoms with Crippen molar-refractivity contribution in [2.45, 2.75) is 19.4 Å². The maximum atomic E-state index is 11.4. The minimum atomic E-state index is -0.767. The molecule has 0 heterocycles. The number of hydrogen-bond donors (Lipinski definition) is 3. The molecule has 0 rings (SSSR count). The largest absolute Gasteiger partial charge is 0.392 e. The second-order valence-corrected chi connectivity index (χ2v) is 4.44. The Labute approximate surface area is 99.9 Å². The third-order valence-corrected chi connectivity index (χ3v) is 1.73. The molecule has 7 heteroatoms. The molecule has 0 aromatic heterocycles. The van der Waals surface area contributed by atoms with Gasteiger partial charge in [0.05, 0.1) is 23.7 Å². The van der Waals surface area contributed by atoms with Gasteiger partial charge in [-0.3, -0.25) is 9.59 Å². The van der Waals surface area contributed by atoms with Crippen LogP contribution in [0, 0.1) is 0 Å². The third kappa shape index (κ3) is 6.31. The van der Waals surface area contributed by atoms with Gasteiger partial charge < -0.3 is 21.1 Å². The number of thiocarbonyl (C=S) groups is 1. The average molecular weight is 247 g/mol. The fraction of sp³-hybridized carbons (Fsp3) is 0.667. The summed E-state index contributed by atoms with van der Waals surface area (Å²) in [5.74, 6) is -1.50. The Morgan fingerprint density at radius 2 is 1.94 bits per heavy atom. The van der Waals surface area contributed by atoms with Crippen molar-refractivity contribution in [3.8, 4) is 0 Å². The molecule has 0 saturated carbocycles. The van der Waals surface area contributed by atoms with Crippen LogP contribution in [0.15, 0.2) is 0 Å². The molecule has 0 spiro atoms. The lowest BCUT2D eigenvalue weighted by Crippen LogP contribution is -2.52. The first kappa shape index (κ1) is 14.8. The lowest BCUT2D eigenvalue weighted by Gasteiger charge is -2.24. The summed E-state index contributed by atoms with van der Waals surface area (Å²) in [7, 11) is 1.51. The van der Waals surface area contributed by atoms with Gasteiger partial charge in [-0.15, -0.1) is 0 Å². The van der Waals surface area contributed by atoms with Gasteiger partial charge >= 0.3 is 11.8 Å². The molecule has 16 heavy (non-hydrogen) atoms. The van der Waals surface area contributed by atoms with Gasteiger partial charge in [-0.05, 0) is 13.8 Å². The summed E-state index contributed by atoms with van der Waals surface area (Å²) in [6.07, 6.45) is 0. The lowest BCUT2D eigenvalue weighted by atomic mass is 10.1. The average Bonchev–Trinajstić information content (AvgIpc) is 2.12. The summed E-state index contributed by atoms with van der Waals surface area (Å²) in [4.78, 5) is 22.8. The maximum absolute atomic E-state index is 11.4. The predicted octanol–water partition coefficient (Wildman–Crippen LogP) is -1.07. The SMILES string of the molecule is COCC(C)(C)NC(=O)C(=O)NCC(N)=S. The Balaban J connectivity index is 4.14. The van der Waals surface area contributed by atoms with Gasteiger partial charge in [0.15, 0.2) is 0 Å². The molecule has 92 valence electrons. The molecule has 0 aliphatic rings. The molecule has 0 radical (unpaired) electrons. The van der Waals surface area contributed by atoms with Crippen LogP contribution in [0.5, 0.6) is 0 Å². The number of rotatable bonds is 5. The quantitative estimate of drug-likeness (QED) is 0.425. The summed E-state index contributed by atoms with van der Waals surface area (Å²) in [5, 5.41) is 4.81. The van der Waals surface area contributed by atoms with Gasteiger partial charge in [-0.25, -0.2) is 0 Å². The lowest BCUT2D eigenvalue weighted by molar-refractivity contribution is -0.140. The van der Waals surface area contributed by atoms with E-state index in [9.17, 15) is 9.59 Å². The summed E-state index contributed by atoms with van der Waals surface area (Å²) in [6, 6.07) is 0. The van der Waals surface area contributed by atoms with Crippen molar-refractivity contribution in [2.75, 3.05) is 20.3 Å². The number of hydrogen-bond acceptors (Lipinski definition) is 4. The first-order valence-electron chi connectivity index (χ1n) is 4.66. The predicted molar refractivity (Wildman–Crippen MR) is 63.9 cm³/mol. The van der Waals surface area contributed by atoms with Gasteiger partial charge in [0.25, 0.3) is 0 Å². The standard InChI is InChI=1S/C9H17N3O3S/c1-9(2,5-15-3)12-8(14)7(13)11-4-6(10)16/h4-5H2,1-3H3,(H2,10,16)(H,11,13)(H,12,14). The van der Waals surface area contributed by atoms with E-state index < -0.39 is 17.4 Å². The van der Waals surface area contributed by atoms with Crippen LogP contribution in [0.25, 0.3) is 0 Å². The molecule has 0 fully saturated rings. The fourth-order valence-corrected chi connectivity index (χ4v) is 1.08. The Bertz CT molecular complexity index is 292. The third-order valence-electron chi connectivity index (χ3n) is 1.59. The highest BCUT2D eigenvalue weighted by Gasteiger charge is 2.24. The zero-order valence-corrected chi connectivity index (χ0v) is 10.4. The highest BCUT2D eigenvalue weighted by atomic mass is 32.1. The first-order chi connectivity index (χ1) is 7.28. The molecule has 0 atom stereocenters. The number of methoxy groups -OCH3 is 1. The monoisotopic (exact) mass is 247 g/mol. The van der Waals surface area contributed by atoms with Crippen molar-refractivity contribution in [3.05, 3.63) is 0 Å². The molecular weight excluding hydrogens is 230 g/mol. The second-order valence-electron chi connectivity index (χ2n) is 3.92. The van der Waals surface area contributed by atoms with Gasteiger partial charge in [-0.2, -0.15) is 0 Å². The summed E-state index contributed by atoms with van der Waals surface area (Å²) >= 11 is 4.56. The van der Waals surface area contributed by atoms with Crippen LogP contribution in [-0.4, -0.2) is 42.6 Å². The Hall–Kier alpha value is -1.21. The van der Waals surface area contributed by atoms with Crippen LogP contribution in [0.4, 0.5) is 0 Å². The summed E-state index contributed by atoms with van der Waals surface area (Å²) in [5.41, 5.74) is 4.58. The molecule has 0 saturated heterocycles. The number of carbonyl (C=O) groups excluding carboxylic acids is 2. The smallest absolute Gasteiger partial charge is 0.309 e. The fourth-order valence-electron chi connectivity index (χ4n) is 1.01. The van der Waals surface area contributed by atoms with E-state index in [2.05, 4.69) is 22.9 Å². The van der Waals surface area contributed by atoms with Crippen molar-refractivity contribution >= 4 is 29.0 Å². The van der Waals surface area contributed by atoms with E-state index in [0.29, 0.717) is 6.61 Å². The van der Waals surface area contributed by atoms with Crippen LogP contribution in [-0.2, 0) is 14.3 Å². The van der Waals surface area contributed by atoms with E-state index in [-0.39, 0.29) is 11.5 Å². The van der Waals surface area contributed by atoms with E-state index in [1.165, 1.54) is 7.11 Å². The second kappa shape index (κ2) is 6.39. The Morgan fingerprint density at radius 1 is 1.38 bits per heavy atom. The van der Waals surface area contributed by atoms with E-state index >= 15 is 0 Å². The molecule has 6 nitrogen and oxygen atoms in total. The van der Waals surface area contributed by atoms with Crippen LogP contribution in [0.3, 0.4) is 0 Å². The van der Waals surface area contributed by atoms with Gasteiger partial charge in [0, 0.05) is 7.11 Å².